The van der Waals surface area contributed by atoms with Crippen molar-refractivity contribution in [2.75, 3.05) is 40.4 Å². The lowest BCUT2D eigenvalue weighted by molar-refractivity contribution is 0.146. The van der Waals surface area contributed by atoms with Gasteiger partial charge in [-0.2, -0.15) is 0 Å². The van der Waals surface area contributed by atoms with Gasteiger partial charge in [-0.05, 0) is 31.7 Å². The van der Waals surface area contributed by atoms with Crippen LogP contribution in [0.15, 0.2) is 0 Å². The molecule has 3 atom stereocenters. The maximum Gasteiger partial charge on any atom is 0.0628 e. The SMILES string of the molecule is CNC(COC)CN1CC2CCCC2C1. The molecule has 3 nitrogen and oxygen atoms in total. The third kappa shape index (κ3) is 2.71. The fourth-order valence-electron chi connectivity index (χ4n) is 3.22. The molecule has 0 aromatic heterocycles. The summed E-state index contributed by atoms with van der Waals surface area (Å²) in [5.74, 6) is 2.01. The van der Waals surface area contributed by atoms with Crippen molar-refractivity contribution in [3.8, 4) is 0 Å². The minimum atomic E-state index is 0.494. The van der Waals surface area contributed by atoms with E-state index in [2.05, 4.69) is 10.2 Å². The topological polar surface area (TPSA) is 24.5 Å². The molecular formula is C12H24N2O. The molecule has 0 aromatic rings. The van der Waals surface area contributed by atoms with Crippen LogP contribution >= 0.6 is 0 Å². The molecule has 3 unspecified atom stereocenters. The fourth-order valence-corrected chi connectivity index (χ4v) is 3.22. The number of fused-ring (bicyclic) bond motifs is 1. The van der Waals surface area contributed by atoms with Gasteiger partial charge in [0.05, 0.1) is 6.61 Å². The van der Waals surface area contributed by atoms with Crippen molar-refractivity contribution in [1.29, 1.82) is 0 Å². The van der Waals surface area contributed by atoms with E-state index < -0.39 is 0 Å². The largest absolute Gasteiger partial charge is 0.383 e. The van der Waals surface area contributed by atoms with Crippen LogP contribution in [0.25, 0.3) is 0 Å². The predicted octanol–water partition coefficient (Wildman–Crippen LogP) is 0.953. The molecule has 1 saturated carbocycles. The molecule has 2 aliphatic rings. The van der Waals surface area contributed by atoms with Crippen LogP contribution in [0.3, 0.4) is 0 Å². The summed E-state index contributed by atoms with van der Waals surface area (Å²) < 4.78 is 5.21. The Balaban J connectivity index is 1.76. The Kier molecular flexibility index (Phi) is 4.00. The van der Waals surface area contributed by atoms with Gasteiger partial charge in [0.2, 0.25) is 0 Å². The molecule has 0 spiro atoms. The molecule has 1 aliphatic heterocycles. The number of rotatable bonds is 5. The second-order valence-corrected chi connectivity index (χ2v) is 5.11. The maximum atomic E-state index is 5.21. The summed E-state index contributed by atoms with van der Waals surface area (Å²) in [6.45, 7) is 4.62. The van der Waals surface area contributed by atoms with Crippen molar-refractivity contribution in [2.45, 2.75) is 25.3 Å². The highest BCUT2D eigenvalue weighted by Gasteiger charge is 2.36. The van der Waals surface area contributed by atoms with Gasteiger partial charge in [0.25, 0.3) is 0 Å². The molecule has 3 heteroatoms. The first kappa shape index (κ1) is 11.4. The van der Waals surface area contributed by atoms with Gasteiger partial charge in [-0.1, -0.05) is 6.42 Å². The first-order valence-electron chi connectivity index (χ1n) is 6.22. The fraction of sp³-hybridized carbons (Fsp3) is 1.00. The molecule has 1 aliphatic carbocycles. The zero-order chi connectivity index (χ0) is 10.7. The Hall–Kier alpha value is -0.120. The Morgan fingerprint density at radius 1 is 1.33 bits per heavy atom. The molecule has 2 rings (SSSR count). The summed E-state index contributed by atoms with van der Waals surface area (Å²) in [5.41, 5.74) is 0. The Morgan fingerprint density at radius 3 is 2.53 bits per heavy atom. The molecule has 1 saturated heterocycles. The second-order valence-electron chi connectivity index (χ2n) is 5.11. The van der Waals surface area contributed by atoms with Gasteiger partial charge >= 0.3 is 0 Å². The van der Waals surface area contributed by atoms with Crippen LogP contribution in [0.1, 0.15) is 19.3 Å². The third-order valence-electron chi connectivity index (χ3n) is 4.06. The number of ether oxygens (including phenoxy) is 1. The van der Waals surface area contributed by atoms with E-state index in [1.54, 1.807) is 7.11 Å². The van der Waals surface area contributed by atoms with E-state index in [1.807, 2.05) is 7.05 Å². The number of methoxy groups -OCH3 is 1. The summed E-state index contributed by atoms with van der Waals surface area (Å²) in [6.07, 6.45) is 4.40. The summed E-state index contributed by atoms with van der Waals surface area (Å²) in [5, 5.41) is 3.33. The standard InChI is InChI=1S/C12H24N2O/c1-13-12(9-15-2)8-14-6-10-4-3-5-11(10)7-14/h10-13H,3-9H2,1-2H3. The van der Waals surface area contributed by atoms with Crippen LogP contribution < -0.4 is 5.32 Å². The molecular weight excluding hydrogens is 188 g/mol. The van der Waals surface area contributed by atoms with E-state index in [0.29, 0.717) is 6.04 Å². The lowest BCUT2D eigenvalue weighted by Crippen LogP contribution is -2.41. The Morgan fingerprint density at radius 2 is 2.00 bits per heavy atom. The molecule has 2 fully saturated rings. The number of likely N-dealkylation sites (tertiary alicyclic amines) is 1. The summed E-state index contributed by atoms with van der Waals surface area (Å²) in [4.78, 5) is 2.62. The third-order valence-corrected chi connectivity index (χ3v) is 4.06. The maximum absolute atomic E-state index is 5.21. The van der Waals surface area contributed by atoms with Crippen molar-refractivity contribution in [2.24, 2.45) is 11.8 Å². The van der Waals surface area contributed by atoms with Gasteiger partial charge in [-0.3, -0.25) is 0 Å². The number of hydrogen-bond donors (Lipinski definition) is 1. The van der Waals surface area contributed by atoms with Crippen molar-refractivity contribution < 1.29 is 4.74 Å². The molecule has 15 heavy (non-hydrogen) atoms. The highest BCUT2D eigenvalue weighted by molar-refractivity contribution is 4.89. The van der Waals surface area contributed by atoms with Crippen LogP contribution in [0.2, 0.25) is 0 Å². The minimum Gasteiger partial charge on any atom is -0.383 e. The lowest BCUT2D eigenvalue weighted by atomic mass is 10.0. The zero-order valence-corrected chi connectivity index (χ0v) is 10.0. The van der Waals surface area contributed by atoms with Crippen LogP contribution in [0.4, 0.5) is 0 Å². The van der Waals surface area contributed by atoms with Crippen LogP contribution in [0, 0.1) is 11.8 Å². The lowest BCUT2D eigenvalue weighted by Gasteiger charge is -2.23. The molecule has 1 N–H and O–H groups in total. The monoisotopic (exact) mass is 212 g/mol. The van der Waals surface area contributed by atoms with Crippen molar-refractivity contribution in [3.05, 3.63) is 0 Å². The molecule has 0 bridgehead atoms. The Labute approximate surface area is 93.2 Å². The van der Waals surface area contributed by atoms with Crippen molar-refractivity contribution >= 4 is 0 Å². The molecule has 0 aromatic carbocycles. The van der Waals surface area contributed by atoms with Gasteiger partial charge in [0, 0.05) is 32.8 Å². The van der Waals surface area contributed by atoms with E-state index in [4.69, 9.17) is 4.74 Å². The number of nitrogens with zero attached hydrogens (tertiary/aromatic N) is 1. The van der Waals surface area contributed by atoms with Gasteiger partial charge in [-0.25, -0.2) is 0 Å². The summed E-state index contributed by atoms with van der Waals surface area (Å²) in [7, 11) is 3.81. The molecule has 0 radical (unpaired) electrons. The van der Waals surface area contributed by atoms with E-state index in [-0.39, 0.29) is 0 Å². The van der Waals surface area contributed by atoms with Crippen molar-refractivity contribution in [1.82, 2.24) is 10.2 Å². The van der Waals surface area contributed by atoms with Crippen LogP contribution in [-0.2, 0) is 4.74 Å². The smallest absolute Gasteiger partial charge is 0.0628 e. The summed E-state index contributed by atoms with van der Waals surface area (Å²) in [6, 6.07) is 0.494. The highest BCUT2D eigenvalue weighted by Crippen LogP contribution is 2.37. The van der Waals surface area contributed by atoms with E-state index in [1.165, 1.54) is 32.4 Å². The average Bonchev–Trinajstić information content (AvgIpc) is 2.77. The van der Waals surface area contributed by atoms with Crippen molar-refractivity contribution in [3.63, 3.8) is 0 Å². The normalized spacial score (nSPS) is 33.2. The van der Waals surface area contributed by atoms with Crippen LogP contribution in [0.5, 0.6) is 0 Å². The zero-order valence-electron chi connectivity index (χ0n) is 10.0. The highest BCUT2D eigenvalue weighted by atomic mass is 16.5. The van der Waals surface area contributed by atoms with Gasteiger partial charge in [0.15, 0.2) is 0 Å². The molecule has 0 amide bonds. The van der Waals surface area contributed by atoms with E-state index >= 15 is 0 Å². The number of nitrogens with one attached hydrogen (secondary N) is 1. The van der Waals surface area contributed by atoms with Gasteiger partial charge in [-0.15, -0.1) is 0 Å². The van der Waals surface area contributed by atoms with E-state index in [0.717, 1.165) is 25.0 Å². The van der Waals surface area contributed by atoms with Crippen LogP contribution in [-0.4, -0.2) is 51.3 Å². The second kappa shape index (κ2) is 5.28. The summed E-state index contributed by atoms with van der Waals surface area (Å²) >= 11 is 0. The first-order chi connectivity index (χ1) is 7.33. The minimum absolute atomic E-state index is 0.494. The number of hydrogen-bond acceptors (Lipinski definition) is 3. The average molecular weight is 212 g/mol. The Bertz CT molecular complexity index is 186. The van der Waals surface area contributed by atoms with E-state index in [9.17, 15) is 0 Å². The molecule has 1 heterocycles. The number of likely N-dealkylation sites (N-methyl/N-ethyl adjacent to an activating group) is 1. The van der Waals surface area contributed by atoms with Gasteiger partial charge < -0.3 is 15.0 Å². The quantitative estimate of drug-likeness (QED) is 0.734. The first-order valence-corrected chi connectivity index (χ1v) is 6.22. The molecule has 88 valence electrons. The predicted molar refractivity (Wildman–Crippen MR) is 62.0 cm³/mol. The van der Waals surface area contributed by atoms with Gasteiger partial charge in [0.1, 0.15) is 0 Å².